The molecule has 8 heteroatoms. The van der Waals surface area contributed by atoms with E-state index in [1.807, 2.05) is 25.3 Å². The molecule has 0 aliphatic heterocycles. The monoisotopic (exact) mass is 394 g/mol. The molecule has 0 unspecified atom stereocenters. The molecule has 0 aliphatic rings. The van der Waals surface area contributed by atoms with E-state index in [9.17, 15) is 4.79 Å². The Labute approximate surface area is 167 Å². The third-order valence-corrected chi connectivity index (χ3v) is 4.57. The molecule has 1 amide bonds. The number of aryl methyl sites for hydroxylation is 1. The number of H-pyrrole nitrogens is 1. The number of amides is 1. The molecule has 1 aromatic carbocycles. The molecule has 2 heterocycles. The molecule has 3 rings (SSSR count). The van der Waals surface area contributed by atoms with Crippen molar-refractivity contribution in [3.8, 4) is 17.3 Å². The number of nitrogens with zero attached hydrogens (tertiary/aromatic N) is 4. The number of rotatable bonds is 7. The first-order valence-corrected chi connectivity index (χ1v) is 9.13. The fourth-order valence-corrected chi connectivity index (χ4v) is 2.89. The third-order valence-electron chi connectivity index (χ3n) is 4.26. The predicted octanol–water partition coefficient (Wildman–Crippen LogP) is 3.35. The zero-order chi connectivity index (χ0) is 20.1. The molecule has 2 N–H and O–H groups in total. The fraction of sp³-hybridized carbons (Fsp3) is 0.200. The summed E-state index contributed by atoms with van der Waals surface area (Å²) >= 11 is 6.09. The SMILES string of the molecule is C=C[C@@H](Cn1ccc(-c2ccc(C#N)c(Cl)c2)n1)NC(=O)c1cc(CC)[nH]n1. The van der Waals surface area contributed by atoms with Gasteiger partial charge in [0.15, 0.2) is 0 Å². The van der Waals surface area contributed by atoms with E-state index in [2.05, 4.69) is 27.2 Å². The van der Waals surface area contributed by atoms with Crippen molar-refractivity contribution in [3.05, 3.63) is 71.2 Å². The van der Waals surface area contributed by atoms with Crippen molar-refractivity contribution in [2.24, 2.45) is 0 Å². The number of nitriles is 1. The number of aromatic nitrogens is 4. The summed E-state index contributed by atoms with van der Waals surface area (Å²) in [6, 6.07) is 10.5. The molecule has 142 valence electrons. The maximum absolute atomic E-state index is 12.3. The quantitative estimate of drug-likeness (QED) is 0.600. The Balaban J connectivity index is 1.69. The number of aromatic amines is 1. The number of carbonyl (C=O) groups excluding carboxylic acids is 1. The Morgan fingerprint density at radius 3 is 2.93 bits per heavy atom. The highest BCUT2D eigenvalue weighted by atomic mass is 35.5. The second kappa shape index (κ2) is 8.55. The van der Waals surface area contributed by atoms with Crippen LogP contribution in [0.2, 0.25) is 5.02 Å². The molecule has 0 saturated carbocycles. The van der Waals surface area contributed by atoms with E-state index in [4.69, 9.17) is 16.9 Å². The lowest BCUT2D eigenvalue weighted by molar-refractivity contribution is 0.0936. The average Bonchev–Trinajstić information content (AvgIpc) is 3.37. The van der Waals surface area contributed by atoms with Gasteiger partial charge in [0.1, 0.15) is 11.8 Å². The molecule has 3 aromatic rings. The fourth-order valence-electron chi connectivity index (χ4n) is 2.66. The number of benzene rings is 1. The van der Waals surface area contributed by atoms with Gasteiger partial charge in [-0.25, -0.2) is 0 Å². The van der Waals surface area contributed by atoms with E-state index in [-0.39, 0.29) is 11.9 Å². The standard InChI is InChI=1S/C20H19ClN6O/c1-3-15-10-19(25-24-15)20(28)23-16(4-2)12-27-8-7-18(26-27)13-5-6-14(11-22)17(21)9-13/h4-10,16H,2-3,12H2,1H3,(H,23,28)(H,24,25)/t16-/m0/s1. The molecular weight excluding hydrogens is 376 g/mol. The Bertz CT molecular complexity index is 1050. The van der Waals surface area contributed by atoms with E-state index in [1.165, 1.54) is 0 Å². The van der Waals surface area contributed by atoms with Gasteiger partial charge in [0.05, 0.1) is 28.9 Å². The number of hydrogen-bond donors (Lipinski definition) is 2. The Morgan fingerprint density at radius 1 is 1.46 bits per heavy atom. The van der Waals surface area contributed by atoms with Crippen LogP contribution in [0.4, 0.5) is 0 Å². The summed E-state index contributed by atoms with van der Waals surface area (Å²) in [5, 5.41) is 23.6. The molecule has 2 aromatic heterocycles. The van der Waals surface area contributed by atoms with Gasteiger partial charge in [0.2, 0.25) is 0 Å². The topological polar surface area (TPSA) is 99.4 Å². The number of carbonyl (C=O) groups is 1. The van der Waals surface area contributed by atoms with E-state index in [0.29, 0.717) is 22.8 Å². The highest BCUT2D eigenvalue weighted by Crippen LogP contribution is 2.24. The van der Waals surface area contributed by atoms with Crippen molar-refractivity contribution >= 4 is 17.5 Å². The van der Waals surface area contributed by atoms with Gasteiger partial charge in [0, 0.05) is 17.5 Å². The van der Waals surface area contributed by atoms with Crippen LogP contribution in [0.3, 0.4) is 0 Å². The first-order chi connectivity index (χ1) is 13.5. The number of halogens is 1. The summed E-state index contributed by atoms with van der Waals surface area (Å²) in [5.74, 6) is -0.271. The van der Waals surface area contributed by atoms with Gasteiger partial charge < -0.3 is 5.32 Å². The zero-order valence-electron chi connectivity index (χ0n) is 15.3. The molecular formula is C20H19ClN6O. The number of nitrogens with one attached hydrogen (secondary N) is 2. The molecule has 1 atom stereocenters. The molecule has 0 bridgehead atoms. The first-order valence-electron chi connectivity index (χ1n) is 8.75. The van der Waals surface area contributed by atoms with Crippen molar-refractivity contribution < 1.29 is 4.79 Å². The van der Waals surface area contributed by atoms with Crippen LogP contribution >= 0.6 is 11.6 Å². The van der Waals surface area contributed by atoms with Crippen LogP contribution in [0, 0.1) is 11.3 Å². The smallest absolute Gasteiger partial charge is 0.272 e. The molecule has 7 nitrogen and oxygen atoms in total. The second-order valence-electron chi connectivity index (χ2n) is 6.18. The third kappa shape index (κ3) is 4.30. The van der Waals surface area contributed by atoms with Gasteiger partial charge in [-0.2, -0.15) is 15.5 Å². The van der Waals surface area contributed by atoms with Crippen LogP contribution in [-0.4, -0.2) is 31.9 Å². The van der Waals surface area contributed by atoms with Gasteiger partial charge in [-0.05, 0) is 30.7 Å². The van der Waals surface area contributed by atoms with Gasteiger partial charge >= 0.3 is 0 Å². The predicted molar refractivity (Wildman–Crippen MR) is 107 cm³/mol. The first kappa shape index (κ1) is 19.4. The zero-order valence-corrected chi connectivity index (χ0v) is 16.1. The maximum atomic E-state index is 12.3. The Hall–Kier alpha value is -3.37. The Morgan fingerprint density at radius 2 is 2.29 bits per heavy atom. The minimum Gasteiger partial charge on any atom is -0.343 e. The van der Waals surface area contributed by atoms with Crippen molar-refractivity contribution in [1.82, 2.24) is 25.3 Å². The normalized spacial score (nSPS) is 11.6. The Kier molecular flexibility index (Phi) is 5.92. The molecule has 28 heavy (non-hydrogen) atoms. The lowest BCUT2D eigenvalue weighted by Crippen LogP contribution is -2.36. The average molecular weight is 395 g/mol. The summed E-state index contributed by atoms with van der Waals surface area (Å²) in [6.45, 7) is 6.19. The van der Waals surface area contributed by atoms with Crippen LogP contribution in [0.25, 0.3) is 11.3 Å². The molecule has 0 saturated heterocycles. The lowest BCUT2D eigenvalue weighted by Gasteiger charge is -2.14. The van der Waals surface area contributed by atoms with Crippen molar-refractivity contribution in [3.63, 3.8) is 0 Å². The van der Waals surface area contributed by atoms with E-state index in [0.717, 1.165) is 23.4 Å². The maximum Gasteiger partial charge on any atom is 0.272 e. The van der Waals surface area contributed by atoms with Crippen LogP contribution in [-0.2, 0) is 13.0 Å². The van der Waals surface area contributed by atoms with E-state index >= 15 is 0 Å². The summed E-state index contributed by atoms with van der Waals surface area (Å²) in [4.78, 5) is 12.3. The van der Waals surface area contributed by atoms with Crippen molar-refractivity contribution in [2.75, 3.05) is 0 Å². The summed E-state index contributed by atoms with van der Waals surface area (Å²) in [7, 11) is 0. The van der Waals surface area contributed by atoms with E-state index in [1.54, 1.807) is 35.0 Å². The molecule has 0 fully saturated rings. The minimum absolute atomic E-state index is 0.271. The van der Waals surface area contributed by atoms with Gasteiger partial charge in [-0.3, -0.25) is 14.6 Å². The molecule has 0 spiro atoms. The van der Waals surface area contributed by atoms with Crippen LogP contribution < -0.4 is 5.32 Å². The van der Waals surface area contributed by atoms with Gasteiger partial charge in [0.25, 0.3) is 5.91 Å². The molecule has 0 radical (unpaired) electrons. The number of hydrogen-bond acceptors (Lipinski definition) is 4. The van der Waals surface area contributed by atoms with Crippen LogP contribution in [0.15, 0.2) is 49.2 Å². The summed E-state index contributed by atoms with van der Waals surface area (Å²) in [5.41, 5.74) is 3.20. The van der Waals surface area contributed by atoms with Gasteiger partial charge in [-0.1, -0.05) is 30.7 Å². The summed E-state index contributed by atoms with van der Waals surface area (Å²) in [6.07, 6.45) is 4.25. The highest BCUT2D eigenvalue weighted by molar-refractivity contribution is 6.32. The second-order valence-corrected chi connectivity index (χ2v) is 6.58. The van der Waals surface area contributed by atoms with E-state index < -0.39 is 0 Å². The lowest BCUT2D eigenvalue weighted by atomic mass is 10.1. The molecule has 0 aliphatic carbocycles. The van der Waals surface area contributed by atoms with Crippen molar-refractivity contribution in [1.29, 1.82) is 5.26 Å². The summed E-state index contributed by atoms with van der Waals surface area (Å²) < 4.78 is 1.72. The minimum atomic E-state index is -0.313. The van der Waals surface area contributed by atoms with Crippen LogP contribution in [0.5, 0.6) is 0 Å². The van der Waals surface area contributed by atoms with Crippen LogP contribution in [0.1, 0.15) is 28.7 Å². The van der Waals surface area contributed by atoms with Gasteiger partial charge in [-0.15, -0.1) is 6.58 Å². The largest absolute Gasteiger partial charge is 0.343 e. The highest BCUT2D eigenvalue weighted by Gasteiger charge is 2.15. The van der Waals surface area contributed by atoms with Crippen molar-refractivity contribution in [2.45, 2.75) is 25.9 Å².